The summed E-state index contributed by atoms with van der Waals surface area (Å²) in [7, 11) is 1.48. The first-order chi connectivity index (χ1) is 13.9. The number of halogens is 1. The van der Waals surface area contributed by atoms with Crippen molar-refractivity contribution in [2.45, 2.75) is 6.92 Å². The number of furan rings is 1. The molecule has 1 aromatic heterocycles. The maximum Gasteiger partial charge on any atom is 0.275 e. The predicted molar refractivity (Wildman–Crippen MR) is 111 cm³/mol. The third kappa shape index (κ3) is 4.69. The number of hydrazone groups is 1. The lowest BCUT2D eigenvalue weighted by Crippen LogP contribution is -2.18. The standard InChI is InChI=1S/C20H16BrN3O5/c1-12-3-4-13(9-17(12)24(26)27)18-8-6-15(29-18)11-22-23-20(25)16-10-14(21)5-7-19(16)28-2/h3-11H,1-2H3,(H,23,25)/b22-11-. The summed E-state index contributed by atoms with van der Waals surface area (Å²) in [6, 6.07) is 13.2. The molecule has 3 rings (SSSR count). The largest absolute Gasteiger partial charge is 0.496 e. The second-order valence-electron chi connectivity index (χ2n) is 6.00. The van der Waals surface area contributed by atoms with Gasteiger partial charge in [-0.15, -0.1) is 0 Å². The third-order valence-corrected chi connectivity index (χ3v) is 4.57. The molecule has 0 bridgehead atoms. The lowest BCUT2D eigenvalue weighted by Gasteiger charge is -2.07. The minimum Gasteiger partial charge on any atom is -0.496 e. The zero-order valence-electron chi connectivity index (χ0n) is 15.5. The quantitative estimate of drug-likeness (QED) is 0.328. The number of nitro groups is 1. The van der Waals surface area contributed by atoms with Crippen molar-refractivity contribution in [3.8, 4) is 17.1 Å². The molecule has 0 saturated heterocycles. The Kier molecular flexibility index (Phi) is 6.08. The van der Waals surface area contributed by atoms with Gasteiger partial charge in [0.25, 0.3) is 11.6 Å². The van der Waals surface area contributed by atoms with Gasteiger partial charge >= 0.3 is 0 Å². The summed E-state index contributed by atoms with van der Waals surface area (Å²) >= 11 is 3.31. The van der Waals surface area contributed by atoms with Gasteiger partial charge in [0, 0.05) is 21.7 Å². The van der Waals surface area contributed by atoms with Crippen LogP contribution < -0.4 is 10.2 Å². The fraction of sp³-hybridized carbons (Fsp3) is 0.100. The van der Waals surface area contributed by atoms with Gasteiger partial charge in [-0.05, 0) is 37.3 Å². The maximum atomic E-state index is 12.3. The Bertz CT molecular complexity index is 1110. The summed E-state index contributed by atoms with van der Waals surface area (Å²) in [6.45, 7) is 1.67. The maximum absolute atomic E-state index is 12.3. The molecule has 0 fully saturated rings. The van der Waals surface area contributed by atoms with Gasteiger partial charge in [0.1, 0.15) is 17.3 Å². The number of ether oxygens (including phenoxy) is 1. The molecule has 0 unspecified atom stereocenters. The molecule has 1 heterocycles. The Labute approximate surface area is 174 Å². The van der Waals surface area contributed by atoms with Crippen LogP contribution in [-0.4, -0.2) is 24.2 Å². The van der Waals surface area contributed by atoms with Crippen molar-refractivity contribution in [1.29, 1.82) is 0 Å². The van der Waals surface area contributed by atoms with Crippen LogP contribution in [0.15, 0.2) is 62.5 Å². The molecule has 3 aromatic rings. The van der Waals surface area contributed by atoms with Crippen LogP contribution in [0.25, 0.3) is 11.3 Å². The number of hydrogen-bond acceptors (Lipinski definition) is 6. The van der Waals surface area contributed by atoms with Crippen molar-refractivity contribution in [2.24, 2.45) is 5.10 Å². The first-order valence-corrected chi connectivity index (χ1v) is 9.20. The Morgan fingerprint density at radius 3 is 2.76 bits per heavy atom. The van der Waals surface area contributed by atoms with Crippen LogP contribution in [0.4, 0.5) is 5.69 Å². The molecule has 0 aliphatic carbocycles. The summed E-state index contributed by atoms with van der Waals surface area (Å²) in [5.74, 6) is 0.807. The molecule has 0 aliphatic heterocycles. The number of nitrogens with one attached hydrogen (secondary N) is 1. The van der Waals surface area contributed by atoms with Crippen molar-refractivity contribution in [2.75, 3.05) is 7.11 Å². The summed E-state index contributed by atoms with van der Waals surface area (Å²) in [4.78, 5) is 23.0. The predicted octanol–water partition coefficient (Wildman–Crippen LogP) is 4.70. The molecule has 0 atom stereocenters. The Morgan fingerprint density at radius 2 is 2.03 bits per heavy atom. The zero-order chi connectivity index (χ0) is 21.0. The van der Waals surface area contributed by atoms with E-state index in [4.69, 9.17) is 9.15 Å². The number of benzene rings is 2. The van der Waals surface area contributed by atoms with Crippen LogP contribution in [-0.2, 0) is 0 Å². The van der Waals surface area contributed by atoms with E-state index in [9.17, 15) is 14.9 Å². The third-order valence-electron chi connectivity index (χ3n) is 4.08. The first kappa shape index (κ1) is 20.3. The summed E-state index contributed by atoms with van der Waals surface area (Å²) in [6.07, 6.45) is 1.34. The molecule has 1 amide bonds. The van der Waals surface area contributed by atoms with Crippen LogP contribution in [0.2, 0.25) is 0 Å². The Balaban J connectivity index is 1.73. The molecule has 8 nitrogen and oxygen atoms in total. The topological polar surface area (TPSA) is 107 Å². The summed E-state index contributed by atoms with van der Waals surface area (Å²) < 4.78 is 11.5. The molecule has 0 aliphatic rings. The van der Waals surface area contributed by atoms with E-state index in [0.29, 0.717) is 34.0 Å². The normalized spacial score (nSPS) is 10.9. The summed E-state index contributed by atoms with van der Waals surface area (Å²) in [5, 5.41) is 15.0. The van der Waals surface area contributed by atoms with Gasteiger partial charge in [-0.25, -0.2) is 5.43 Å². The fourth-order valence-corrected chi connectivity index (χ4v) is 2.97. The zero-order valence-corrected chi connectivity index (χ0v) is 17.1. The molecule has 0 radical (unpaired) electrons. The molecule has 1 N–H and O–H groups in total. The number of methoxy groups -OCH3 is 1. The second kappa shape index (κ2) is 8.70. The average molecular weight is 458 g/mol. The van der Waals surface area contributed by atoms with Crippen LogP contribution in [0.3, 0.4) is 0 Å². The van der Waals surface area contributed by atoms with Gasteiger partial charge < -0.3 is 9.15 Å². The highest BCUT2D eigenvalue weighted by Crippen LogP contribution is 2.28. The van der Waals surface area contributed by atoms with Crippen LogP contribution in [0.5, 0.6) is 5.75 Å². The minimum atomic E-state index is -0.444. The number of nitrogens with zero attached hydrogens (tertiary/aromatic N) is 2. The van der Waals surface area contributed by atoms with Gasteiger partial charge in [0.05, 0.1) is 23.8 Å². The van der Waals surface area contributed by atoms with E-state index in [0.717, 1.165) is 4.47 Å². The highest BCUT2D eigenvalue weighted by Gasteiger charge is 2.14. The number of rotatable bonds is 6. The number of carbonyl (C=O) groups excluding carboxylic acids is 1. The van der Waals surface area contributed by atoms with Crippen molar-refractivity contribution < 1.29 is 18.9 Å². The monoisotopic (exact) mass is 457 g/mol. The van der Waals surface area contributed by atoms with Crippen LogP contribution in [0.1, 0.15) is 21.7 Å². The molecule has 29 heavy (non-hydrogen) atoms. The molecule has 0 saturated carbocycles. The van der Waals surface area contributed by atoms with Gasteiger partial charge in [-0.1, -0.05) is 28.1 Å². The van der Waals surface area contributed by atoms with E-state index in [1.54, 1.807) is 49.4 Å². The van der Waals surface area contributed by atoms with E-state index in [2.05, 4.69) is 26.5 Å². The highest BCUT2D eigenvalue weighted by atomic mass is 79.9. The van der Waals surface area contributed by atoms with Gasteiger partial charge in [-0.2, -0.15) is 5.10 Å². The number of carbonyl (C=O) groups is 1. The smallest absolute Gasteiger partial charge is 0.275 e. The lowest BCUT2D eigenvalue weighted by molar-refractivity contribution is -0.385. The Morgan fingerprint density at radius 1 is 1.24 bits per heavy atom. The molecule has 2 aromatic carbocycles. The first-order valence-electron chi connectivity index (χ1n) is 8.41. The molecule has 9 heteroatoms. The van der Waals surface area contributed by atoms with E-state index in [-0.39, 0.29) is 5.69 Å². The van der Waals surface area contributed by atoms with Gasteiger partial charge in [0.2, 0.25) is 0 Å². The average Bonchev–Trinajstić information content (AvgIpc) is 3.17. The number of hydrogen-bond donors (Lipinski definition) is 1. The Hall–Kier alpha value is -3.46. The van der Waals surface area contributed by atoms with E-state index in [1.807, 2.05) is 0 Å². The number of aryl methyl sites for hydroxylation is 1. The van der Waals surface area contributed by atoms with Crippen molar-refractivity contribution >= 4 is 33.7 Å². The highest BCUT2D eigenvalue weighted by molar-refractivity contribution is 9.10. The van der Waals surface area contributed by atoms with Gasteiger partial charge in [-0.3, -0.25) is 14.9 Å². The van der Waals surface area contributed by atoms with Crippen LogP contribution in [0, 0.1) is 17.0 Å². The summed E-state index contributed by atoms with van der Waals surface area (Å²) in [5.41, 5.74) is 3.89. The van der Waals surface area contributed by atoms with Crippen LogP contribution >= 0.6 is 15.9 Å². The second-order valence-corrected chi connectivity index (χ2v) is 6.92. The molecule has 0 spiro atoms. The SMILES string of the molecule is COc1ccc(Br)cc1C(=O)N/N=C\c1ccc(-c2ccc(C)c([N+](=O)[O-])c2)o1. The lowest BCUT2D eigenvalue weighted by atomic mass is 10.1. The van der Waals surface area contributed by atoms with Crippen molar-refractivity contribution in [1.82, 2.24) is 5.43 Å². The fourth-order valence-electron chi connectivity index (χ4n) is 2.61. The van der Waals surface area contributed by atoms with E-state index in [1.165, 1.54) is 19.4 Å². The molecule has 148 valence electrons. The van der Waals surface area contributed by atoms with E-state index < -0.39 is 10.8 Å². The van der Waals surface area contributed by atoms with Crippen molar-refractivity contribution in [3.63, 3.8) is 0 Å². The number of nitro benzene ring substituents is 1. The van der Waals surface area contributed by atoms with Crippen molar-refractivity contribution in [3.05, 3.63) is 80.0 Å². The molecular formula is C20H16BrN3O5. The van der Waals surface area contributed by atoms with E-state index >= 15 is 0 Å². The van der Waals surface area contributed by atoms with Gasteiger partial charge in [0.15, 0.2) is 0 Å². The molecular weight excluding hydrogens is 442 g/mol. The minimum absolute atomic E-state index is 0.0179. The number of amides is 1.